The van der Waals surface area contributed by atoms with Crippen molar-refractivity contribution < 1.29 is 19.4 Å². The summed E-state index contributed by atoms with van der Waals surface area (Å²) in [7, 11) is 0. The first-order valence-corrected chi connectivity index (χ1v) is 8.77. The van der Waals surface area contributed by atoms with Gasteiger partial charge in [-0.1, -0.05) is 12.1 Å². The third-order valence-electron chi connectivity index (χ3n) is 4.58. The number of ether oxygens (including phenoxy) is 2. The number of aryl methyl sites for hydroxylation is 1. The van der Waals surface area contributed by atoms with E-state index in [0.29, 0.717) is 19.7 Å². The molecule has 1 N–H and O–H groups in total. The number of carbonyl (C=O) groups excluding carboxylic acids is 1. The summed E-state index contributed by atoms with van der Waals surface area (Å²) in [5, 5.41) is 10.3. The van der Waals surface area contributed by atoms with Gasteiger partial charge in [-0.3, -0.25) is 9.69 Å². The average Bonchev–Trinajstić information content (AvgIpc) is 2.56. The van der Waals surface area contributed by atoms with Crippen molar-refractivity contribution in [2.45, 2.75) is 39.7 Å². The molecule has 134 valence electrons. The predicted molar refractivity (Wildman–Crippen MR) is 93.2 cm³/mol. The molecule has 24 heavy (non-hydrogen) atoms. The minimum atomic E-state index is -0.578. The molecule has 1 aliphatic rings. The Kier molecular flexibility index (Phi) is 7.06. The van der Waals surface area contributed by atoms with Crippen LogP contribution in [0.2, 0.25) is 0 Å². The van der Waals surface area contributed by atoms with E-state index in [4.69, 9.17) is 9.47 Å². The third kappa shape index (κ3) is 5.21. The standard InChI is InChI=1S/C19H29NO4/c1-4-23-19(22)16-8-6-10-20(11-16)12-17(21)13-24-18-9-5-7-14(2)15(18)3/h5,7,9,16-17,21H,4,6,8,10-13H2,1-3H3/t16-,17-/m1/s1. The summed E-state index contributed by atoms with van der Waals surface area (Å²) in [6.45, 7) is 8.63. The zero-order valence-corrected chi connectivity index (χ0v) is 15.0. The van der Waals surface area contributed by atoms with Crippen molar-refractivity contribution in [2.75, 3.05) is 32.8 Å². The number of β-amino-alcohol motifs (C(OH)–C–C–N with tert-alkyl or cyclic N) is 1. The molecule has 0 amide bonds. The minimum Gasteiger partial charge on any atom is -0.491 e. The minimum absolute atomic E-state index is 0.0779. The molecule has 1 fully saturated rings. The van der Waals surface area contributed by atoms with Gasteiger partial charge in [-0.05, 0) is 57.4 Å². The van der Waals surface area contributed by atoms with Gasteiger partial charge in [0.05, 0.1) is 12.5 Å². The normalized spacial score (nSPS) is 19.8. The van der Waals surface area contributed by atoms with Gasteiger partial charge in [0.1, 0.15) is 18.5 Å². The van der Waals surface area contributed by atoms with Crippen LogP contribution in [-0.2, 0) is 9.53 Å². The van der Waals surface area contributed by atoms with E-state index in [1.54, 1.807) is 0 Å². The topological polar surface area (TPSA) is 59.0 Å². The number of benzene rings is 1. The lowest BCUT2D eigenvalue weighted by molar-refractivity contribution is -0.150. The van der Waals surface area contributed by atoms with E-state index in [1.807, 2.05) is 39.0 Å². The van der Waals surface area contributed by atoms with Crippen LogP contribution in [0.25, 0.3) is 0 Å². The number of piperidine rings is 1. The van der Waals surface area contributed by atoms with Gasteiger partial charge in [-0.25, -0.2) is 0 Å². The van der Waals surface area contributed by atoms with E-state index in [2.05, 4.69) is 4.90 Å². The van der Waals surface area contributed by atoms with Crippen LogP contribution >= 0.6 is 0 Å². The van der Waals surface area contributed by atoms with Crippen LogP contribution in [0.15, 0.2) is 18.2 Å². The van der Waals surface area contributed by atoms with Crippen LogP contribution in [0.4, 0.5) is 0 Å². The molecule has 1 aliphatic heterocycles. The highest BCUT2D eigenvalue weighted by Crippen LogP contribution is 2.21. The zero-order chi connectivity index (χ0) is 17.5. The van der Waals surface area contributed by atoms with E-state index >= 15 is 0 Å². The molecule has 1 aromatic rings. The Morgan fingerprint density at radius 1 is 1.42 bits per heavy atom. The summed E-state index contributed by atoms with van der Waals surface area (Å²) in [6.07, 6.45) is 1.24. The fourth-order valence-corrected chi connectivity index (χ4v) is 3.09. The van der Waals surface area contributed by atoms with E-state index in [9.17, 15) is 9.90 Å². The van der Waals surface area contributed by atoms with Crippen LogP contribution in [0.3, 0.4) is 0 Å². The van der Waals surface area contributed by atoms with Crippen molar-refractivity contribution >= 4 is 5.97 Å². The Bertz CT molecular complexity index is 546. The number of carbonyl (C=O) groups is 1. The van der Waals surface area contributed by atoms with Gasteiger partial charge >= 0.3 is 5.97 Å². The number of likely N-dealkylation sites (tertiary alicyclic amines) is 1. The molecule has 0 bridgehead atoms. The number of rotatable bonds is 7. The molecule has 0 spiro atoms. The van der Waals surface area contributed by atoms with Crippen molar-refractivity contribution in [2.24, 2.45) is 5.92 Å². The second-order valence-electron chi connectivity index (χ2n) is 6.51. The highest BCUT2D eigenvalue weighted by molar-refractivity contribution is 5.72. The summed E-state index contributed by atoms with van der Waals surface area (Å²) in [5.41, 5.74) is 2.28. The molecule has 2 atom stereocenters. The highest BCUT2D eigenvalue weighted by atomic mass is 16.5. The number of hydrogen-bond acceptors (Lipinski definition) is 5. The summed E-state index contributed by atoms with van der Waals surface area (Å²) < 4.78 is 10.9. The molecular formula is C19H29NO4. The Morgan fingerprint density at radius 3 is 2.96 bits per heavy atom. The van der Waals surface area contributed by atoms with E-state index in [-0.39, 0.29) is 18.5 Å². The van der Waals surface area contributed by atoms with Crippen molar-refractivity contribution in [3.63, 3.8) is 0 Å². The maximum Gasteiger partial charge on any atom is 0.310 e. The SMILES string of the molecule is CCOC(=O)[C@@H]1CCCN(C[C@@H](O)COc2cccc(C)c2C)C1. The van der Waals surface area contributed by atoms with Gasteiger partial charge in [0.15, 0.2) is 0 Å². The lowest BCUT2D eigenvalue weighted by atomic mass is 9.98. The molecule has 1 saturated heterocycles. The number of aliphatic hydroxyl groups is 1. The number of esters is 1. The maximum atomic E-state index is 11.9. The van der Waals surface area contributed by atoms with E-state index < -0.39 is 6.10 Å². The molecule has 1 heterocycles. The molecular weight excluding hydrogens is 306 g/mol. The van der Waals surface area contributed by atoms with Gasteiger partial charge in [0.2, 0.25) is 0 Å². The fourth-order valence-electron chi connectivity index (χ4n) is 3.09. The Hall–Kier alpha value is -1.59. The van der Waals surface area contributed by atoms with E-state index in [0.717, 1.165) is 30.7 Å². The monoisotopic (exact) mass is 335 g/mol. The molecule has 0 aliphatic carbocycles. The Morgan fingerprint density at radius 2 is 2.21 bits per heavy atom. The second-order valence-corrected chi connectivity index (χ2v) is 6.51. The van der Waals surface area contributed by atoms with Gasteiger partial charge in [-0.2, -0.15) is 0 Å². The summed E-state index contributed by atoms with van der Waals surface area (Å²) in [5.74, 6) is 0.617. The molecule has 0 aromatic heterocycles. The first-order chi connectivity index (χ1) is 11.5. The summed E-state index contributed by atoms with van der Waals surface area (Å²) >= 11 is 0. The van der Waals surface area contributed by atoms with Crippen LogP contribution in [-0.4, -0.2) is 54.9 Å². The molecule has 0 saturated carbocycles. The molecule has 5 nitrogen and oxygen atoms in total. The average molecular weight is 335 g/mol. The molecule has 0 radical (unpaired) electrons. The number of nitrogens with zero attached hydrogens (tertiary/aromatic N) is 1. The molecule has 5 heteroatoms. The molecule has 0 unspecified atom stereocenters. The Labute approximate surface area is 144 Å². The highest BCUT2D eigenvalue weighted by Gasteiger charge is 2.27. The lowest BCUT2D eigenvalue weighted by Gasteiger charge is -2.32. The second kappa shape index (κ2) is 9.04. The quantitative estimate of drug-likeness (QED) is 0.775. The number of aliphatic hydroxyl groups excluding tert-OH is 1. The largest absolute Gasteiger partial charge is 0.491 e. The zero-order valence-electron chi connectivity index (χ0n) is 15.0. The van der Waals surface area contributed by atoms with Gasteiger partial charge < -0.3 is 14.6 Å². The van der Waals surface area contributed by atoms with Gasteiger partial charge in [-0.15, -0.1) is 0 Å². The van der Waals surface area contributed by atoms with Crippen molar-refractivity contribution in [3.05, 3.63) is 29.3 Å². The van der Waals surface area contributed by atoms with E-state index in [1.165, 1.54) is 5.56 Å². The molecule has 1 aromatic carbocycles. The van der Waals surface area contributed by atoms with Crippen molar-refractivity contribution in [1.82, 2.24) is 4.90 Å². The maximum absolute atomic E-state index is 11.9. The third-order valence-corrected chi connectivity index (χ3v) is 4.58. The first-order valence-electron chi connectivity index (χ1n) is 8.77. The summed E-state index contributed by atoms with van der Waals surface area (Å²) in [6, 6.07) is 5.92. The number of hydrogen-bond donors (Lipinski definition) is 1. The summed E-state index contributed by atoms with van der Waals surface area (Å²) in [4.78, 5) is 14.0. The Balaban J connectivity index is 1.80. The van der Waals surface area contributed by atoms with Crippen molar-refractivity contribution in [3.8, 4) is 5.75 Å². The van der Waals surface area contributed by atoms with Gasteiger partial charge in [0, 0.05) is 13.1 Å². The predicted octanol–water partition coefficient (Wildman–Crippen LogP) is 2.32. The fraction of sp³-hybridized carbons (Fsp3) is 0.632. The molecule has 2 rings (SSSR count). The van der Waals surface area contributed by atoms with Crippen LogP contribution in [0, 0.1) is 19.8 Å². The lowest BCUT2D eigenvalue weighted by Crippen LogP contribution is -2.44. The van der Waals surface area contributed by atoms with Gasteiger partial charge in [0.25, 0.3) is 0 Å². The van der Waals surface area contributed by atoms with Crippen LogP contribution in [0.5, 0.6) is 5.75 Å². The van der Waals surface area contributed by atoms with Crippen molar-refractivity contribution in [1.29, 1.82) is 0 Å². The smallest absolute Gasteiger partial charge is 0.310 e. The van der Waals surface area contributed by atoms with Crippen LogP contribution < -0.4 is 4.74 Å². The first kappa shape index (κ1) is 18.7. The van der Waals surface area contributed by atoms with Crippen LogP contribution in [0.1, 0.15) is 30.9 Å².